The second-order valence-corrected chi connectivity index (χ2v) is 6.49. The molecular formula is C19H20F3N3O5. The standard InChI is InChI=1S/C17H19N3O3.C2HF3O2/c1-11-6-13-4-3-5-14(16(13)23-11)9-18-15(17(21)22)7-12-8-19-20(2)10-12;3-2(4,5)1(6)7/h3-6,8,10,15,18H,7,9H2,1-2H3,(H,21,22);(H,6,7). The number of alkyl halides is 3. The lowest BCUT2D eigenvalue weighted by Gasteiger charge is -2.13. The van der Waals surface area contributed by atoms with Gasteiger partial charge in [-0.15, -0.1) is 0 Å². The Morgan fingerprint density at radius 1 is 1.30 bits per heavy atom. The van der Waals surface area contributed by atoms with Crippen LogP contribution >= 0.6 is 0 Å². The van der Waals surface area contributed by atoms with E-state index in [1.54, 1.807) is 10.9 Å². The maximum absolute atomic E-state index is 11.5. The summed E-state index contributed by atoms with van der Waals surface area (Å²) in [6, 6.07) is 7.18. The molecule has 8 nitrogen and oxygen atoms in total. The first-order valence-corrected chi connectivity index (χ1v) is 8.69. The van der Waals surface area contributed by atoms with Crippen LogP contribution < -0.4 is 5.32 Å². The number of aryl methyl sites for hydroxylation is 2. The summed E-state index contributed by atoms with van der Waals surface area (Å²) in [5.74, 6) is -2.79. The fourth-order valence-electron chi connectivity index (χ4n) is 2.68. The second-order valence-electron chi connectivity index (χ2n) is 6.49. The SMILES string of the molecule is Cc1cc2cccc(CNC(Cc3cnn(C)c3)C(=O)O)c2o1.O=C(O)C(F)(F)F. The largest absolute Gasteiger partial charge is 0.490 e. The lowest BCUT2D eigenvalue weighted by Crippen LogP contribution is -2.38. The molecule has 3 N–H and O–H groups in total. The summed E-state index contributed by atoms with van der Waals surface area (Å²) in [4.78, 5) is 20.4. The third-order valence-corrected chi connectivity index (χ3v) is 4.03. The monoisotopic (exact) mass is 427 g/mol. The van der Waals surface area contributed by atoms with Crippen LogP contribution in [0, 0.1) is 6.92 Å². The van der Waals surface area contributed by atoms with Crippen molar-refractivity contribution in [1.29, 1.82) is 0 Å². The number of carboxylic acid groups (broad SMARTS) is 2. The molecule has 0 aliphatic rings. The molecule has 11 heteroatoms. The molecule has 3 rings (SSSR count). The fraction of sp³-hybridized carbons (Fsp3) is 0.316. The molecule has 1 unspecified atom stereocenters. The van der Waals surface area contributed by atoms with Crippen LogP contribution in [-0.4, -0.2) is 44.2 Å². The van der Waals surface area contributed by atoms with Crippen molar-refractivity contribution >= 4 is 22.9 Å². The van der Waals surface area contributed by atoms with Crippen LogP contribution in [0.2, 0.25) is 0 Å². The first kappa shape index (κ1) is 22.9. The van der Waals surface area contributed by atoms with Gasteiger partial charge in [-0.05, 0) is 18.6 Å². The van der Waals surface area contributed by atoms with Crippen molar-refractivity contribution in [2.24, 2.45) is 7.05 Å². The van der Waals surface area contributed by atoms with Crippen molar-refractivity contribution in [2.75, 3.05) is 0 Å². The molecule has 1 aromatic carbocycles. The number of rotatable bonds is 6. The molecule has 0 amide bonds. The third kappa shape index (κ3) is 6.34. The highest BCUT2D eigenvalue weighted by Gasteiger charge is 2.38. The van der Waals surface area contributed by atoms with Crippen LogP contribution in [0.15, 0.2) is 41.1 Å². The molecule has 0 fully saturated rings. The minimum atomic E-state index is -5.08. The fourth-order valence-corrected chi connectivity index (χ4v) is 2.68. The van der Waals surface area contributed by atoms with E-state index >= 15 is 0 Å². The normalized spacial score (nSPS) is 12.3. The van der Waals surface area contributed by atoms with E-state index in [1.807, 2.05) is 44.4 Å². The number of para-hydroxylation sites is 1. The topological polar surface area (TPSA) is 118 Å². The molecule has 2 heterocycles. The Morgan fingerprint density at radius 2 is 1.97 bits per heavy atom. The van der Waals surface area contributed by atoms with Crippen molar-refractivity contribution in [3.05, 3.63) is 53.5 Å². The van der Waals surface area contributed by atoms with Crippen LogP contribution in [-0.2, 0) is 29.6 Å². The number of carboxylic acids is 2. The Bertz CT molecular complexity index is 1030. The summed E-state index contributed by atoms with van der Waals surface area (Å²) in [5.41, 5.74) is 2.65. The third-order valence-electron chi connectivity index (χ3n) is 4.03. The van der Waals surface area contributed by atoms with Crippen molar-refractivity contribution < 1.29 is 37.4 Å². The predicted octanol–water partition coefficient (Wildman–Crippen LogP) is 2.89. The first-order valence-electron chi connectivity index (χ1n) is 8.69. The van der Waals surface area contributed by atoms with E-state index in [0.717, 1.165) is 27.9 Å². The zero-order chi connectivity index (χ0) is 22.5. The molecule has 0 aliphatic carbocycles. The molecule has 0 spiro atoms. The molecule has 30 heavy (non-hydrogen) atoms. The van der Waals surface area contributed by atoms with Gasteiger partial charge >= 0.3 is 18.1 Å². The Morgan fingerprint density at radius 3 is 2.50 bits per heavy atom. The number of nitrogens with one attached hydrogen (secondary N) is 1. The van der Waals surface area contributed by atoms with Gasteiger partial charge in [0.15, 0.2) is 0 Å². The molecular weight excluding hydrogens is 407 g/mol. The summed E-state index contributed by atoms with van der Waals surface area (Å²) >= 11 is 0. The zero-order valence-electron chi connectivity index (χ0n) is 16.1. The van der Waals surface area contributed by atoms with Crippen molar-refractivity contribution in [3.63, 3.8) is 0 Å². The zero-order valence-corrected chi connectivity index (χ0v) is 16.1. The second kappa shape index (κ2) is 9.44. The summed E-state index contributed by atoms with van der Waals surface area (Å²) in [7, 11) is 1.81. The summed E-state index contributed by atoms with van der Waals surface area (Å²) in [6.07, 6.45) is -1.18. The minimum absolute atomic E-state index is 0.385. The van der Waals surface area contributed by atoms with Gasteiger partial charge < -0.3 is 14.6 Å². The highest BCUT2D eigenvalue weighted by atomic mass is 19.4. The van der Waals surface area contributed by atoms with Crippen molar-refractivity contribution in [1.82, 2.24) is 15.1 Å². The summed E-state index contributed by atoms with van der Waals surface area (Å²) in [6.45, 7) is 2.33. The van der Waals surface area contributed by atoms with Crippen LogP contribution in [0.3, 0.4) is 0 Å². The number of fused-ring (bicyclic) bond motifs is 1. The number of aliphatic carboxylic acids is 2. The highest BCUT2D eigenvalue weighted by molar-refractivity contribution is 5.81. The van der Waals surface area contributed by atoms with E-state index < -0.39 is 24.2 Å². The van der Waals surface area contributed by atoms with Gasteiger partial charge in [0, 0.05) is 37.2 Å². The number of aromatic nitrogens is 2. The van der Waals surface area contributed by atoms with Gasteiger partial charge in [0.1, 0.15) is 17.4 Å². The summed E-state index contributed by atoms with van der Waals surface area (Å²) < 4.78 is 39.1. The molecule has 162 valence electrons. The smallest absolute Gasteiger partial charge is 0.480 e. The Labute approximate surface area is 168 Å². The molecule has 3 aromatic rings. The van der Waals surface area contributed by atoms with Crippen LogP contribution in [0.5, 0.6) is 0 Å². The summed E-state index contributed by atoms with van der Waals surface area (Å²) in [5, 5.41) is 24.7. The number of halogens is 3. The first-order chi connectivity index (χ1) is 14.0. The molecule has 2 aromatic heterocycles. The Kier molecular flexibility index (Phi) is 7.22. The average molecular weight is 427 g/mol. The number of hydrogen-bond acceptors (Lipinski definition) is 5. The van der Waals surface area contributed by atoms with Gasteiger partial charge in [0.25, 0.3) is 0 Å². The van der Waals surface area contributed by atoms with Gasteiger partial charge in [-0.2, -0.15) is 18.3 Å². The van der Waals surface area contributed by atoms with Gasteiger partial charge in [-0.1, -0.05) is 18.2 Å². The van der Waals surface area contributed by atoms with Crippen LogP contribution in [0.1, 0.15) is 16.9 Å². The molecule has 0 aliphatic heterocycles. The average Bonchev–Trinajstić information content (AvgIpc) is 3.22. The number of hydrogen-bond donors (Lipinski definition) is 3. The number of carbonyl (C=O) groups is 2. The van der Waals surface area contributed by atoms with Gasteiger partial charge in [-0.25, -0.2) is 4.79 Å². The quantitative estimate of drug-likeness (QED) is 0.554. The Balaban J connectivity index is 0.000000396. The lowest BCUT2D eigenvalue weighted by molar-refractivity contribution is -0.192. The lowest BCUT2D eigenvalue weighted by atomic mass is 10.1. The van der Waals surface area contributed by atoms with Crippen molar-refractivity contribution in [2.45, 2.75) is 32.1 Å². The maximum atomic E-state index is 11.5. The predicted molar refractivity (Wildman–Crippen MR) is 99.8 cm³/mol. The number of nitrogens with zero attached hydrogens (tertiary/aromatic N) is 2. The van der Waals surface area contributed by atoms with E-state index in [9.17, 15) is 23.1 Å². The minimum Gasteiger partial charge on any atom is -0.480 e. The highest BCUT2D eigenvalue weighted by Crippen LogP contribution is 2.22. The van der Waals surface area contributed by atoms with E-state index in [1.165, 1.54) is 0 Å². The van der Waals surface area contributed by atoms with Crippen molar-refractivity contribution in [3.8, 4) is 0 Å². The maximum Gasteiger partial charge on any atom is 0.490 e. The van der Waals surface area contributed by atoms with Gasteiger partial charge in [0.05, 0.1) is 6.20 Å². The van der Waals surface area contributed by atoms with E-state index in [4.69, 9.17) is 14.3 Å². The van der Waals surface area contributed by atoms with Crippen LogP contribution in [0.25, 0.3) is 11.0 Å². The molecule has 0 saturated heterocycles. The van der Waals surface area contributed by atoms with Gasteiger partial charge in [0.2, 0.25) is 0 Å². The molecule has 0 radical (unpaired) electrons. The molecule has 1 atom stereocenters. The number of benzene rings is 1. The molecule has 0 saturated carbocycles. The van der Waals surface area contributed by atoms with E-state index in [-0.39, 0.29) is 0 Å². The van der Waals surface area contributed by atoms with E-state index in [0.29, 0.717) is 13.0 Å². The van der Waals surface area contributed by atoms with Crippen LogP contribution in [0.4, 0.5) is 13.2 Å². The molecule has 0 bridgehead atoms. The Hall–Kier alpha value is -3.34. The number of furan rings is 1. The van der Waals surface area contributed by atoms with E-state index in [2.05, 4.69) is 10.4 Å². The van der Waals surface area contributed by atoms with Gasteiger partial charge in [-0.3, -0.25) is 14.8 Å².